The molecule has 0 saturated heterocycles. The molecule has 0 aliphatic carbocycles. The molecule has 0 rings (SSSR count). The van der Waals surface area contributed by atoms with Gasteiger partial charge in [0.25, 0.3) is 0 Å². The second kappa shape index (κ2) is 71.1. The van der Waals surface area contributed by atoms with Crippen LogP contribution in [-0.4, -0.2) is 37.2 Å². The second-order valence-corrected chi connectivity index (χ2v) is 24.1. The zero-order valence-electron chi connectivity index (χ0n) is 55.2. The molecule has 0 fully saturated rings. The lowest BCUT2D eigenvalue weighted by Gasteiger charge is -2.18. The van der Waals surface area contributed by atoms with Crippen molar-refractivity contribution in [3.8, 4) is 0 Å². The van der Waals surface area contributed by atoms with Crippen LogP contribution in [-0.2, 0) is 28.6 Å². The number of ether oxygens (including phenoxy) is 3. The van der Waals surface area contributed by atoms with Gasteiger partial charge in [0.05, 0.1) is 0 Å². The van der Waals surface area contributed by atoms with Crippen LogP contribution in [0, 0.1) is 0 Å². The number of unbranched alkanes of at least 4 members (excludes halogenated alkanes) is 41. The van der Waals surface area contributed by atoms with Crippen LogP contribution in [0.4, 0.5) is 0 Å². The van der Waals surface area contributed by atoms with Crippen molar-refractivity contribution in [3.63, 3.8) is 0 Å². The fourth-order valence-corrected chi connectivity index (χ4v) is 10.4. The minimum Gasteiger partial charge on any atom is -0.462 e. The normalized spacial score (nSPS) is 12.6. The lowest BCUT2D eigenvalue weighted by Crippen LogP contribution is -2.30. The smallest absolute Gasteiger partial charge is 0.306 e. The van der Waals surface area contributed by atoms with Gasteiger partial charge < -0.3 is 14.2 Å². The highest BCUT2D eigenvalue weighted by Gasteiger charge is 2.19. The average Bonchev–Trinajstić information content (AvgIpc) is 3.49. The van der Waals surface area contributed by atoms with E-state index >= 15 is 0 Å². The molecule has 0 aliphatic heterocycles. The summed E-state index contributed by atoms with van der Waals surface area (Å²) in [7, 11) is 0. The van der Waals surface area contributed by atoms with Gasteiger partial charge in [-0.2, -0.15) is 0 Å². The molecular weight excluding hydrogens is 1020 g/mol. The number of carbonyl (C=O) groups is 3. The number of carbonyl (C=O) groups excluding carboxylic acids is 3. The third-order valence-corrected chi connectivity index (χ3v) is 15.8. The van der Waals surface area contributed by atoms with Crippen LogP contribution in [0.5, 0.6) is 0 Å². The Labute approximate surface area is 515 Å². The first-order valence-corrected chi connectivity index (χ1v) is 36.1. The van der Waals surface area contributed by atoms with E-state index in [1.807, 2.05) is 0 Å². The summed E-state index contributed by atoms with van der Waals surface area (Å²) in [4.78, 5) is 38.5. The minimum absolute atomic E-state index is 0.0788. The van der Waals surface area contributed by atoms with Gasteiger partial charge in [-0.1, -0.05) is 311 Å². The largest absolute Gasteiger partial charge is 0.462 e. The molecule has 6 heteroatoms. The fourth-order valence-electron chi connectivity index (χ4n) is 10.4. The summed E-state index contributed by atoms with van der Waals surface area (Å²) in [6.45, 7) is 6.62. The van der Waals surface area contributed by atoms with Crippen LogP contribution in [0.15, 0.2) is 85.1 Å². The van der Waals surface area contributed by atoms with Gasteiger partial charge in [-0.05, 0) is 122 Å². The van der Waals surface area contributed by atoms with Gasteiger partial charge in [-0.15, -0.1) is 0 Å². The van der Waals surface area contributed by atoms with Gasteiger partial charge in [0, 0.05) is 19.3 Å². The second-order valence-electron chi connectivity index (χ2n) is 24.1. The maximum atomic E-state index is 13.0. The predicted octanol–water partition coefficient (Wildman–Crippen LogP) is 25.0. The van der Waals surface area contributed by atoms with E-state index in [2.05, 4.69) is 106 Å². The number of hydrogen-bond donors (Lipinski definition) is 0. The molecule has 1 atom stereocenters. The summed E-state index contributed by atoms with van der Waals surface area (Å²) in [5.41, 5.74) is 0. The molecule has 0 heterocycles. The Bertz CT molecular complexity index is 1570. The summed E-state index contributed by atoms with van der Waals surface area (Å²) in [6, 6.07) is 0. The van der Waals surface area contributed by atoms with Gasteiger partial charge in [-0.3, -0.25) is 14.4 Å². The molecule has 83 heavy (non-hydrogen) atoms. The van der Waals surface area contributed by atoms with Crippen molar-refractivity contribution >= 4 is 17.9 Å². The van der Waals surface area contributed by atoms with Crippen molar-refractivity contribution in [1.82, 2.24) is 0 Å². The Hall–Kier alpha value is -3.41. The van der Waals surface area contributed by atoms with Crippen molar-refractivity contribution < 1.29 is 28.6 Å². The van der Waals surface area contributed by atoms with Crippen LogP contribution in [0.1, 0.15) is 367 Å². The van der Waals surface area contributed by atoms with Crippen LogP contribution < -0.4 is 0 Å². The first-order valence-electron chi connectivity index (χ1n) is 36.1. The Morgan fingerprint density at radius 1 is 0.241 bits per heavy atom. The van der Waals surface area contributed by atoms with Crippen molar-refractivity contribution in [3.05, 3.63) is 85.1 Å². The fraction of sp³-hybridized carbons (Fsp3) is 0.779. The molecule has 0 amide bonds. The SMILES string of the molecule is CCCCC/C=C\C/C=C\CCCCCCCCCCCC(=O)OC(COC(=O)CCCCCCCCC/C=C\C/C=C\CCCCC)COC(=O)CCCCCCCCCCCCCCCC/C=C\C/C=C\C/C=C\CCCCCCC. The zero-order chi connectivity index (χ0) is 59.9. The maximum Gasteiger partial charge on any atom is 0.306 e. The highest BCUT2D eigenvalue weighted by atomic mass is 16.6. The standard InChI is InChI=1S/C77H136O6/c1-4-7-10-13-16-19-22-25-28-31-33-34-35-36-37-38-39-40-41-42-44-46-49-52-55-58-61-64-67-70-76(79)82-73-74(72-81-75(78)69-66-63-60-57-54-51-48-45-30-27-24-21-18-15-12-9-6-3)83-77(80)71-68-65-62-59-56-53-50-47-43-32-29-26-23-20-17-14-11-8-5-2/h17-18,20-22,25-27,29-31,33,35-36,74H,4-16,19,23-24,28,32,34,37-73H2,1-3H3/b20-17-,21-18-,25-22-,29-26-,30-27-,33-31-,36-35-. The molecule has 0 aromatic carbocycles. The van der Waals surface area contributed by atoms with E-state index in [1.165, 1.54) is 238 Å². The van der Waals surface area contributed by atoms with E-state index in [4.69, 9.17) is 14.2 Å². The van der Waals surface area contributed by atoms with E-state index < -0.39 is 6.10 Å². The van der Waals surface area contributed by atoms with Crippen molar-refractivity contribution in [2.75, 3.05) is 13.2 Å². The molecular formula is C77H136O6. The quantitative estimate of drug-likeness (QED) is 0.0261. The molecule has 6 nitrogen and oxygen atoms in total. The molecule has 0 aromatic rings. The van der Waals surface area contributed by atoms with Gasteiger partial charge in [0.15, 0.2) is 6.10 Å². The summed E-state index contributed by atoms with van der Waals surface area (Å²) in [5.74, 6) is -0.873. The molecule has 0 N–H and O–H groups in total. The number of rotatable bonds is 66. The highest BCUT2D eigenvalue weighted by molar-refractivity contribution is 5.71. The monoisotopic (exact) mass is 1160 g/mol. The first-order chi connectivity index (χ1) is 41.0. The summed E-state index contributed by atoms with van der Waals surface area (Å²) >= 11 is 0. The van der Waals surface area contributed by atoms with E-state index in [9.17, 15) is 14.4 Å². The third kappa shape index (κ3) is 69.3. The molecule has 0 radical (unpaired) electrons. The number of allylic oxidation sites excluding steroid dienone is 14. The molecule has 1 unspecified atom stereocenters. The summed E-state index contributed by atoms with van der Waals surface area (Å²) in [5, 5.41) is 0. The van der Waals surface area contributed by atoms with Gasteiger partial charge in [-0.25, -0.2) is 0 Å². The molecule has 0 aromatic heterocycles. The van der Waals surface area contributed by atoms with Gasteiger partial charge in [0.2, 0.25) is 0 Å². The summed E-state index contributed by atoms with van der Waals surface area (Å²) < 4.78 is 17.0. The molecule has 0 aliphatic rings. The number of hydrogen-bond acceptors (Lipinski definition) is 6. The van der Waals surface area contributed by atoms with E-state index in [0.717, 1.165) is 89.9 Å². The molecule has 0 saturated carbocycles. The van der Waals surface area contributed by atoms with Crippen LogP contribution in [0.25, 0.3) is 0 Å². The Kier molecular flexibility index (Phi) is 68.2. The van der Waals surface area contributed by atoms with Crippen molar-refractivity contribution in [2.45, 2.75) is 374 Å². The van der Waals surface area contributed by atoms with Crippen molar-refractivity contribution in [1.29, 1.82) is 0 Å². The molecule has 0 bridgehead atoms. The van der Waals surface area contributed by atoms with Gasteiger partial charge in [0.1, 0.15) is 13.2 Å². The maximum absolute atomic E-state index is 13.0. The lowest BCUT2D eigenvalue weighted by atomic mass is 10.0. The minimum atomic E-state index is -0.784. The van der Waals surface area contributed by atoms with E-state index in [-0.39, 0.29) is 31.1 Å². The van der Waals surface area contributed by atoms with Crippen LogP contribution >= 0.6 is 0 Å². The Morgan fingerprint density at radius 2 is 0.434 bits per heavy atom. The van der Waals surface area contributed by atoms with Gasteiger partial charge >= 0.3 is 17.9 Å². The average molecular weight is 1160 g/mol. The van der Waals surface area contributed by atoms with E-state index in [0.29, 0.717) is 19.3 Å². The zero-order valence-corrected chi connectivity index (χ0v) is 55.2. The molecule has 480 valence electrons. The highest BCUT2D eigenvalue weighted by Crippen LogP contribution is 2.17. The van der Waals surface area contributed by atoms with Crippen molar-refractivity contribution in [2.24, 2.45) is 0 Å². The third-order valence-electron chi connectivity index (χ3n) is 15.8. The van der Waals surface area contributed by atoms with Crippen LogP contribution in [0.3, 0.4) is 0 Å². The van der Waals surface area contributed by atoms with E-state index in [1.54, 1.807) is 0 Å². The topological polar surface area (TPSA) is 78.9 Å². The Morgan fingerprint density at radius 3 is 0.699 bits per heavy atom. The Balaban J connectivity index is 4.30. The number of esters is 3. The lowest BCUT2D eigenvalue weighted by molar-refractivity contribution is -0.167. The predicted molar refractivity (Wildman–Crippen MR) is 362 cm³/mol. The first kappa shape index (κ1) is 79.6. The van der Waals surface area contributed by atoms with Crippen LogP contribution in [0.2, 0.25) is 0 Å². The molecule has 0 spiro atoms. The summed E-state index contributed by atoms with van der Waals surface area (Å²) in [6.07, 6.45) is 94.6.